The zero-order chi connectivity index (χ0) is 22.9. The molecule has 0 saturated carbocycles. The van der Waals surface area contributed by atoms with Crippen LogP contribution in [0.3, 0.4) is 0 Å². The number of benzene rings is 2. The molecule has 0 saturated heterocycles. The van der Waals surface area contributed by atoms with E-state index in [1.165, 1.54) is 0 Å². The summed E-state index contributed by atoms with van der Waals surface area (Å²) in [4.78, 5) is 11.1. The number of hydroxylamine groups is 2. The van der Waals surface area contributed by atoms with Gasteiger partial charge in [-0.3, -0.25) is 0 Å². The fraction of sp³-hybridized carbons (Fsp3) is 0.462. The molecule has 6 heteroatoms. The van der Waals surface area contributed by atoms with Crippen LogP contribution < -0.4 is 10.5 Å². The van der Waals surface area contributed by atoms with E-state index in [4.69, 9.17) is 20.3 Å². The van der Waals surface area contributed by atoms with Crippen molar-refractivity contribution in [3.8, 4) is 22.9 Å². The molecule has 0 bridgehead atoms. The molecule has 2 aliphatic rings. The van der Waals surface area contributed by atoms with Gasteiger partial charge in [0.05, 0.1) is 23.8 Å². The summed E-state index contributed by atoms with van der Waals surface area (Å²) >= 11 is 0. The number of aliphatic imine (C=N–C) groups is 1. The van der Waals surface area contributed by atoms with Crippen LogP contribution in [0.25, 0.3) is 11.1 Å². The summed E-state index contributed by atoms with van der Waals surface area (Å²) in [5, 5.41) is 10.8. The number of nitrogens with two attached hydrogens (primary N) is 1. The molecule has 4 rings (SSSR count). The van der Waals surface area contributed by atoms with Gasteiger partial charge in [-0.2, -0.15) is 5.26 Å². The number of nitriles is 1. The summed E-state index contributed by atoms with van der Waals surface area (Å²) in [6.45, 7) is 7.53. The van der Waals surface area contributed by atoms with Crippen LogP contribution >= 0.6 is 0 Å². The standard InChI is InChI=1S/C26H32N4O2/c1-25(2,3)21-9-6-13-26(29-24(28)30(4)32-26)22-16-20(10-11-23(22)31-14-12-21)19-8-5-7-18(15-19)17-27/h5,7-8,10-11,15-16,21H,6,9,12-14H2,1-4H3,(H2,28,29)/t21?,26-/m1/s1. The van der Waals surface area contributed by atoms with Crippen molar-refractivity contribution in [2.24, 2.45) is 22.1 Å². The molecule has 2 atom stereocenters. The van der Waals surface area contributed by atoms with Crippen molar-refractivity contribution < 1.29 is 9.57 Å². The Morgan fingerprint density at radius 2 is 1.94 bits per heavy atom. The van der Waals surface area contributed by atoms with Gasteiger partial charge in [-0.1, -0.05) is 39.0 Å². The molecular weight excluding hydrogens is 400 g/mol. The van der Waals surface area contributed by atoms with Crippen molar-refractivity contribution in [3.63, 3.8) is 0 Å². The van der Waals surface area contributed by atoms with E-state index in [9.17, 15) is 5.26 Å². The normalized spacial score (nSPS) is 23.8. The zero-order valence-electron chi connectivity index (χ0n) is 19.4. The minimum atomic E-state index is -0.920. The largest absolute Gasteiger partial charge is 0.493 e. The van der Waals surface area contributed by atoms with E-state index in [0.717, 1.165) is 41.7 Å². The van der Waals surface area contributed by atoms with Crippen LogP contribution in [-0.2, 0) is 10.6 Å². The maximum Gasteiger partial charge on any atom is 0.218 e. The predicted octanol–water partition coefficient (Wildman–Crippen LogP) is 5.18. The quantitative estimate of drug-likeness (QED) is 0.671. The second-order valence-corrected chi connectivity index (χ2v) is 9.84. The average molecular weight is 433 g/mol. The molecule has 0 amide bonds. The van der Waals surface area contributed by atoms with Gasteiger partial charge >= 0.3 is 0 Å². The Kier molecular flexibility index (Phi) is 5.87. The van der Waals surface area contributed by atoms with Crippen molar-refractivity contribution >= 4 is 5.96 Å². The Morgan fingerprint density at radius 1 is 1.16 bits per heavy atom. The first kappa shape index (κ1) is 22.2. The summed E-state index contributed by atoms with van der Waals surface area (Å²) in [5.41, 5.74) is 8.90. The van der Waals surface area contributed by atoms with Crippen molar-refractivity contribution in [1.29, 1.82) is 5.26 Å². The van der Waals surface area contributed by atoms with Crippen LogP contribution in [0, 0.1) is 22.7 Å². The Hall–Kier alpha value is -3.04. The topological polar surface area (TPSA) is 83.9 Å². The lowest BCUT2D eigenvalue weighted by molar-refractivity contribution is -0.178. The number of nitrogens with zero attached hydrogens (tertiary/aromatic N) is 3. The van der Waals surface area contributed by atoms with Crippen LogP contribution in [0.4, 0.5) is 0 Å². The maximum atomic E-state index is 9.30. The van der Waals surface area contributed by atoms with Crippen molar-refractivity contribution in [2.45, 2.75) is 52.2 Å². The van der Waals surface area contributed by atoms with Crippen LogP contribution in [-0.4, -0.2) is 24.7 Å². The monoisotopic (exact) mass is 432 g/mol. The highest BCUT2D eigenvalue weighted by Crippen LogP contribution is 2.45. The Labute approximate surface area is 190 Å². The lowest BCUT2D eigenvalue weighted by Crippen LogP contribution is -2.33. The smallest absolute Gasteiger partial charge is 0.218 e. The first-order chi connectivity index (χ1) is 15.2. The number of guanidine groups is 1. The number of rotatable bonds is 1. The third-order valence-corrected chi connectivity index (χ3v) is 6.65. The second-order valence-electron chi connectivity index (χ2n) is 9.84. The molecule has 1 spiro atoms. The number of hydrogen-bond donors (Lipinski definition) is 1. The molecule has 32 heavy (non-hydrogen) atoms. The van der Waals surface area contributed by atoms with Gasteiger partial charge in [-0.25, -0.2) is 14.9 Å². The molecule has 2 aliphatic heterocycles. The minimum Gasteiger partial charge on any atom is -0.493 e. The van der Waals surface area contributed by atoms with Gasteiger partial charge in [-0.05, 0) is 66.0 Å². The lowest BCUT2D eigenvalue weighted by atomic mass is 9.75. The molecule has 2 aromatic carbocycles. The second kappa shape index (κ2) is 8.48. The summed E-state index contributed by atoms with van der Waals surface area (Å²) in [5.74, 6) is 1.68. The van der Waals surface area contributed by atoms with Crippen LogP contribution in [0.5, 0.6) is 5.75 Å². The number of hydrogen-bond acceptors (Lipinski definition) is 6. The molecular formula is C26H32N4O2. The molecule has 0 fully saturated rings. The van der Waals surface area contributed by atoms with Crippen molar-refractivity contribution in [2.75, 3.05) is 13.7 Å². The van der Waals surface area contributed by atoms with Gasteiger partial charge < -0.3 is 10.5 Å². The lowest BCUT2D eigenvalue weighted by Gasteiger charge is -2.34. The van der Waals surface area contributed by atoms with E-state index < -0.39 is 5.72 Å². The minimum absolute atomic E-state index is 0.212. The van der Waals surface area contributed by atoms with Crippen LogP contribution in [0.1, 0.15) is 57.6 Å². The third kappa shape index (κ3) is 4.31. The van der Waals surface area contributed by atoms with Crippen molar-refractivity contribution in [3.05, 3.63) is 53.6 Å². The zero-order valence-corrected chi connectivity index (χ0v) is 19.4. The summed E-state index contributed by atoms with van der Waals surface area (Å²) < 4.78 is 6.32. The first-order valence-electron chi connectivity index (χ1n) is 11.3. The molecule has 2 heterocycles. The Balaban J connectivity index is 1.79. The number of ether oxygens (including phenoxy) is 1. The fourth-order valence-electron chi connectivity index (χ4n) is 4.71. The highest BCUT2D eigenvalue weighted by molar-refractivity contribution is 5.79. The summed E-state index contributed by atoms with van der Waals surface area (Å²) in [6, 6.07) is 15.9. The maximum absolute atomic E-state index is 9.30. The fourth-order valence-corrected chi connectivity index (χ4v) is 4.71. The van der Waals surface area contributed by atoms with E-state index >= 15 is 0 Å². The van der Waals surface area contributed by atoms with E-state index in [1.807, 2.05) is 30.3 Å². The van der Waals surface area contributed by atoms with E-state index in [2.05, 4.69) is 32.9 Å². The van der Waals surface area contributed by atoms with E-state index in [-0.39, 0.29) is 5.41 Å². The third-order valence-electron chi connectivity index (χ3n) is 6.65. The van der Waals surface area contributed by atoms with Gasteiger partial charge in [0.25, 0.3) is 0 Å². The van der Waals surface area contributed by atoms with Crippen LogP contribution in [0.15, 0.2) is 47.5 Å². The predicted molar refractivity (Wildman–Crippen MR) is 126 cm³/mol. The average Bonchev–Trinajstić information content (AvgIpc) is 3.06. The van der Waals surface area contributed by atoms with Crippen molar-refractivity contribution in [1.82, 2.24) is 5.06 Å². The highest BCUT2D eigenvalue weighted by Gasteiger charge is 2.44. The van der Waals surface area contributed by atoms with Crippen LogP contribution in [0.2, 0.25) is 0 Å². The van der Waals surface area contributed by atoms with Gasteiger partial charge in [0.15, 0.2) is 0 Å². The number of fused-ring (bicyclic) bond motifs is 2. The molecule has 0 aromatic heterocycles. The molecule has 1 unspecified atom stereocenters. The van der Waals surface area contributed by atoms with E-state index in [0.29, 0.717) is 30.5 Å². The Bertz CT molecular complexity index is 1070. The van der Waals surface area contributed by atoms with E-state index in [1.54, 1.807) is 18.2 Å². The Morgan fingerprint density at radius 3 is 2.62 bits per heavy atom. The molecule has 6 nitrogen and oxygen atoms in total. The van der Waals surface area contributed by atoms with Gasteiger partial charge in [0.1, 0.15) is 5.75 Å². The molecule has 0 radical (unpaired) electrons. The van der Waals surface area contributed by atoms with Gasteiger partial charge in [0.2, 0.25) is 11.7 Å². The summed E-state index contributed by atoms with van der Waals surface area (Å²) in [7, 11) is 1.78. The SMILES string of the molecule is CN1O[C@@]2(CCCC(C(C)(C)C)CCOc3ccc(-c4cccc(C#N)c4)cc32)N=C1N. The van der Waals surface area contributed by atoms with Gasteiger partial charge in [0, 0.05) is 13.5 Å². The summed E-state index contributed by atoms with van der Waals surface area (Å²) in [6.07, 6.45) is 3.77. The first-order valence-corrected chi connectivity index (χ1v) is 11.3. The molecule has 168 valence electrons. The van der Waals surface area contributed by atoms with Gasteiger partial charge in [-0.15, -0.1) is 0 Å². The molecule has 0 aliphatic carbocycles. The molecule has 2 N–H and O–H groups in total. The molecule has 2 aromatic rings. The highest BCUT2D eigenvalue weighted by atomic mass is 16.7.